The minimum Gasteiger partial charge on any atom is -0.481 e. The van der Waals surface area contributed by atoms with Gasteiger partial charge in [0.15, 0.2) is 5.13 Å². The van der Waals surface area contributed by atoms with Gasteiger partial charge in [0.25, 0.3) is 5.69 Å². The van der Waals surface area contributed by atoms with Crippen LogP contribution < -0.4 is 4.90 Å². The van der Waals surface area contributed by atoms with E-state index in [1.165, 1.54) is 0 Å². The number of non-ortho nitro benzene ring substituents is 1. The zero-order valence-corrected chi connectivity index (χ0v) is 14.6. The summed E-state index contributed by atoms with van der Waals surface area (Å²) >= 11 is 0.739. The number of carboxylic acid groups (broad SMARTS) is 1. The van der Waals surface area contributed by atoms with E-state index in [9.17, 15) is 28.1 Å². The number of thiazole rings is 1. The summed E-state index contributed by atoms with van der Waals surface area (Å²) in [6.07, 6.45) is 0.914. The van der Waals surface area contributed by atoms with E-state index in [4.69, 9.17) is 5.11 Å². The number of amides is 1. The van der Waals surface area contributed by atoms with Crippen molar-refractivity contribution in [2.75, 3.05) is 11.4 Å². The number of sulfone groups is 1. The van der Waals surface area contributed by atoms with Gasteiger partial charge in [-0.3, -0.25) is 24.6 Å². The number of carbonyl (C=O) groups excluding carboxylic acids is 1. The Morgan fingerprint density at radius 1 is 1.35 bits per heavy atom. The van der Waals surface area contributed by atoms with E-state index in [0.29, 0.717) is 0 Å². The van der Waals surface area contributed by atoms with Crippen molar-refractivity contribution in [3.8, 4) is 0 Å². The molecule has 2 aromatic rings. The number of rotatable bonds is 5. The topological polar surface area (TPSA) is 148 Å². The lowest BCUT2D eigenvalue weighted by molar-refractivity contribution is -0.384. The lowest BCUT2D eigenvalue weighted by atomic mass is 10.1. The second kappa shape index (κ2) is 6.46. The average Bonchev–Trinajstić information content (AvgIpc) is 3.21. The fourth-order valence-electron chi connectivity index (χ4n) is 2.42. The molecular formula is C14H11N3O7S2. The summed E-state index contributed by atoms with van der Waals surface area (Å²) in [6.45, 7) is -0.0707. The summed E-state index contributed by atoms with van der Waals surface area (Å²) in [5.41, 5.74) is -0.240. The van der Waals surface area contributed by atoms with E-state index in [2.05, 4.69) is 4.98 Å². The highest BCUT2D eigenvalue weighted by molar-refractivity contribution is 7.93. The predicted octanol–water partition coefficient (Wildman–Crippen LogP) is 1.32. The predicted molar refractivity (Wildman–Crippen MR) is 88.8 cm³/mol. The quantitative estimate of drug-likeness (QED) is 0.587. The van der Waals surface area contributed by atoms with E-state index in [-0.39, 0.29) is 32.9 Å². The van der Waals surface area contributed by atoms with Gasteiger partial charge in [-0.05, 0) is 12.1 Å². The Bertz CT molecular complexity index is 998. The first-order valence-corrected chi connectivity index (χ1v) is 9.48. The van der Waals surface area contributed by atoms with Crippen molar-refractivity contribution in [1.82, 2.24) is 4.98 Å². The molecule has 1 aromatic carbocycles. The van der Waals surface area contributed by atoms with Gasteiger partial charge in [0.05, 0.1) is 21.9 Å². The molecule has 1 atom stereocenters. The molecule has 1 N–H and O–H groups in total. The number of anilines is 1. The molecular weight excluding hydrogens is 386 g/mol. The normalized spacial score (nSPS) is 17.5. The largest absolute Gasteiger partial charge is 0.481 e. The molecule has 1 unspecified atom stereocenters. The Kier molecular flexibility index (Phi) is 4.46. The van der Waals surface area contributed by atoms with E-state index < -0.39 is 32.6 Å². The number of carbonyl (C=O) groups is 2. The summed E-state index contributed by atoms with van der Waals surface area (Å²) in [5, 5.41) is 19.8. The molecule has 3 rings (SSSR count). The van der Waals surface area contributed by atoms with Crippen LogP contribution in [-0.4, -0.2) is 41.9 Å². The number of nitrogens with zero attached hydrogens (tertiary/aromatic N) is 3. The zero-order valence-electron chi connectivity index (χ0n) is 12.9. The maximum absolute atomic E-state index is 12.6. The molecule has 1 fully saturated rings. The van der Waals surface area contributed by atoms with Gasteiger partial charge in [-0.1, -0.05) is 11.3 Å². The van der Waals surface area contributed by atoms with Gasteiger partial charge in [-0.25, -0.2) is 13.4 Å². The molecule has 1 amide bonds. The standard InChI is InChI=1S/C14H11N3O7S2/c18-11-5-8(13(19)20)7-16(11)14-15-6-12(25-14)26(23,24)10-3-1-9(2-4-10)17(21)22/h1-4,6,8H,5,7H2,(H,19,20). The molecule has 1 aliphatic rings. The fourth-order valence-corrected chi connectivity index (χ4v) is 4.97. The third-order valence-electron chi connectivity index (χ3n) is 3.80. The van der Waals surface area contributed by atoms with Crippen molar-refractivity contribution in [1.29, 1.82) is 0 Å². The van der Waals surface area contributed by atoms with Crippen LogP contribution in [0.4, 0.5) is 10.8 Å². The van der Waals surface area contributed by atoms with Crippen molar-refractivity contribution >= 4 is 43.9 Å². The van der Waals surface area contributed by atoms with E-state index in [0.717, 1.165) is 46.7 Å². The molecule has 2 heterocycles. The number of aromatic nitrogens is 1. The van der Waals surface area contributed by atoms with Gasteiger partial charge >= 0.3 is 5.97 Å². The maximum atomic E-state index is 12.6. The second-order valence-electron chi connectivity index (χ2n) is 5.46. The number of hydrogen-bond donors (Lipinski definition) is 1. The first-order valence-electron chi connectivity index (χ1n) is 7.18. The second-order valence-corrected chi connectivity index (χ2v) is 8.65. The van der Waals surface area contributed by atoms with Crippen molar-refractivity contribution in [3.63, 3.8) is 0 Å². The molecule has 12 heteroatoms. The molecule has 0 bridgehead atoms. The summed E-state index contributed by atoms with van der Waals surface area (Å²) < 4.78 is 25.1. The molecule has 1 aromatic heterocycles. The van der Waals surface area contributed by atoms with Gasteiger partial charge in [0.1, 0.15) is 4.21 Å². The molecule has 26 heavy (non-hydrogen) atoms. The summed E-state index contributed by atoms with van der Waals surface area (Å²) in [7, 11) is -3.96. The Morgan fingerprint density at radius 2 is 2.00 bits per heavy atom. The molecule has 1 saturated heterocycles. The SMILES string of the molecule is O=C(O)C1CC(=O)N(c2ncc(S(=O)(=O)c3ccc([N+](=O)[O-])cc3)s2)C1. The van der Waals surface area contributed by atoms with Crippen molar-refractivity contribution in [2.45, 2.75) is 15.5 Å². The van der Waals surface area contributed by atoms with Crippen molar-refractivity contribution in [2.24, 2.45) is 5.92 Å². The van der Waals surface area contributed by atoms with Crippen LogP contribution in [-0.2, 0) is 19.4 Å². The highest BCUT2D eigenvalue weighted by atomic mass is 32.2. The smallest absolute Gasteiger partial charge is 0.308 e. The number of carboxylic acids is 1. The third-order valence-corrected chi connectivity index (χ3v) is 7.05. The first-order chi connectivity index (χ1) is 12.2. The summed E-state index contributed by atoms with van der Waals surface area (Å²) in [6, 6.07) is 4.40. The fraction of sp³-hybridized carbons (Fsp3) is 0.214. The van der Waals surface area contributed by atoms with Crippen LogP contribution >= 0.6 is 11.3 Å². The average molecular weight is 397 g/mol. The van der Waals surface area contributed by atoms with Gasteiger partial charge in [-0.15, -0.1) is 0 Å². The van der Waals surface area contributed by atoms with E-state index in [1.807, 2.05) is 0 Å². The molecule has 0 saturated carbocycles. The number of nitro benzene ring substituents is 1. The molecule has 136 valence electrons. The molecule has 0 aliphatic carbocycles. The van der Waals surface area contributed by atoms with Crippen molar-refractivity contribution in [3.05, 3.63) is 40.6 Å². The van der Waals surface area contributed by atoms with E-state index >= 15 is 0 Å². The number of nitro groups is 1. The van der Waals surface area contributed by atoms with Crippen LogP contribution in [0.3, 0.4) is 0 Å². The lowest BCUT2D eigenvalue weighted by Crippen LogP contribution is -2.25. The molecule has 0 spiro atoms. The Morgan fingerprint density at radius 3 is 2.54 bits per heavy atom. The van der Waals surface area contributed by atoms with E-state index in [1.54, 1.807) is 0 Å². The van der Waals surface area contributed by atoms with Crippen LogP contribution in [0.25, 0.3) is 0 Å². The van der Waals surface area contributed by atoms with Gasteiger partial charge in [0.2, 0.25) is 15.7 Å². The number of benzene rings is 1. The monoisotopic (exact) mass is 397 g/mol. The number of aliphatic carboxylic acids is 1. The van der Waals surface area contributed by atoms with Crippen LogP contribution in [0, 0.1) is 16.0 Å². The summed E-state index contributed by atoms with van der Waals surface area (Å²) in [5.74, 6) is -2.40. The Labute approximate surface area is 150 Å². The summed E-state index contributed by atoms with van der Waals surface area (Å²) in [4.78, 5) is 37.9. The highest BCUT2D eigenvalue weighted by Crippen LogP contribution is 2.34. The van der Waals surface area contributed by atoms with Crippen LogP contribution in [0.5, 0.6) is 0 Å². The molecule has 1 aliphatic heterocycles. The van der Waals surface area contributed by atoms with Gasteiger partial charge in [0, 0.05) is 25.1 Å². The van der Waals surface area contributed by atoms with Crippen LogP contribution in [0.2, 0.25) is 0 Å². The van der Waals surface area contributed by atoms with Gasteiger partial charge in [-0.2, -0.15) is 0 Å². The van der Waals surface area contributed by atoms with Crippen LogP contribution in [0.1, 0.15) is 6.42 Å². The molecule has 10 nitrogen and oxygen atoms in total. The zero-order chi connectivity index (χ0) is 19.1. The maximum Gasteiger partial charge on any atom is 0.308 e. The highest BCUT2D eigenvalue weighted by Gasteiger charge is 2.37. The Hall–Kier alpha value is -2.86. The number of hydrogen-bond acceptors (Lipinski definition) is 8. The minimum atomic E-state index is -3.96. The Balaban J connectivity index is 1.88. The van der Waals surface area contributed by atoms with Gasteiger partial charge < -0.3 is 5.11 Å². The van der Waals surface area contributed by atoms with Crippen molar-refractivity contribution < 1.29 is 28.0 Å². The first kappa shape index (κ1) is 17.9. The lowest BCUT2D eigenvalue weighted by Gasteiger charge is -2.11. The minimum absolute atomic E-state index is 0.0707. The molecule has 0 radical (unpaired) electrons. The van der Waals surface area contributed by atoms with Crippen LogP contribution in [0.15, 0.2) is 39.6 Å². The third kappa shape index (κ3) is 3.15.